The van der Waals surface area contributed by atoms with E-state index in [-0.39, 0.29) is 11.0 Å². The third-order valence-electron chi connectivity index (χ3n) is 4.49. The van der Waals surface area contributed by atoms with E-state index in [0.717, 1.165) is 25.1 Å². The lowest BCUT2D eigenvalue weighted by molar-refractivity contribution is 0.194. The first kappa shape index (κ1) is 11.6. The van der Waals surface area contributed by atoms with Crippen LogP contribution in [0.15, 0.2) is 12.4 Å². The molecule has 1 unspecified atom stereocenters. The Morgan fingerprint density at radius 3 is 2.69 bits per heavy atom. The number of rotatable bonds is 3. The van der Waals surface area contributed by atoms with Crippen LogP contribution in [-0.4, -0.2) is 15.1 Å². The average molecular weight is 221 g/mol. The molecule has 0 radical (unpaired) electrons. The van der Waals surface area contributed by atoms with E-state index in [1.807, 2.05) is 19.4 Å². The molecule has 2 rings (SSSR count). The Labute approximate surface area is 98.1 Å². The zero-order chi connectivity index (χ0) is 11.8. The predicted octanol–water partition coefficient (Wildman–Crippen LogP) is 2.26. The molecule has 1 saturated carbocycles. The second-order valence-corrected chi connectivity index (χ2v) is 5.85. The molecule has 1 aliphatic rings. The van der Waals surface area contributed by atoms with Crippen molar-refractivity contribution in [2.24, 2.45) is 18.2 Å². The fraction of sp³-hybridized carbons (Fsp3) is 0.769. The van der Waals surface area contributed by atoms with Crippen LogP contribution in [0.25, 0.3) is 0 Å². The van der Waals surface area contributed by atoms with Crippen LogP contribution in [0.5, 0.6) is 0 Å². The van der Waals surface area contributed by atoms with Crippen LogP contribution < -0.4 is 5.73 Å². The first-order chi connectivity index (χ1) is 7.45. The molecule has 0 saturated heterocycles. The maximum atomic E-state index is 6.57. The molecule has 0 aliphatic heterocycles. The van der Waals surface area contributed by atoms with E-state index >= 15 is 0 Å². The third-order valence-corrected chi connectivity index (χ3v) is 4.49. The Hall–Kier alpha value is -0.830. The van der Waals surface area contributed by atoms with Gasteiger partial charge in [-0.15, -0.1) is 0 Å². The summed E-state index contributed by atoms with van der Waals surface area (Å²) in [4.78, 5) is 4.36. The number of hydrogen-bond donors (Lipinski definition) is 1. The summed E-state index contributed by atoms with van der Waals surface area (Å²) in [5.74, 6) is 1.15. The Balaban J connectivity index is 2.03. The molecule has 1 heterocycles. The van der Waals surface area contributed by atoms with Gasteiger partial charge in [0, 0.05) is 31.4 Å². The average Bonchev–Trinajstić information content (AvgIpc) is 2.70. The molecule has 0 amide bonds. The van der Waals surface area contributed by atoms with Gasteiger partial charge in [0.05, 0.1) is 0 Å². The van der Waals surface area contributed by atoms with E-state index in [1.54, 1.807) is 0 Å². The summed E-state index contributed by atoms with van der Waals surface area (Å²) in [6, 6.07) is 0. The van der Waals surface area contributed by atoms with Gasteiger partial charge in [0.2, 0.25) is 0 Å². The van der Waals surface area contributed by atoms with Crippen LogP contribution in [0.2, 0.25) is 0 Å². The highest BCUT2D eigenvalue weighted by atomic mass is 15.0. The molecule has 3 heteroatoms. The first-order valence-corrected chi connectivity index (χ1v) is 6.20. The quantitative estimate of drug-likeness (QED) is 0.851. The van der Waals surface area contributed by atoms with Gasteiger partial charge < -0.3 is 10.3 Å². The summed E-state index contributed by atoms with van der Waals surface area (Å²) in [5.41, 5.74) is 6.84. The lowest BCUT2D eigenvalue weighted by atomic mass is 9.73. The van der Waals surface area contributed by atoms with Crippen molar-refractivity contribution in [3.05, 3.63) is 18.2 Å². The van der Waals surface area contributed by atoms with Crippen molar-refractivity contribution in [3.63, 3.8) is 0 Å². The van der Waals surface area contributed by atoms with Crippen molar-refractivity contribution in [3.8, 4) is 0 Å². The zero-order valence-electron chi connectivity index (χ0n) is 10.7. The fourth-order valence-corrected chi connectivity index (χ4v) is 2.87. The van der Waals surface area contributed by atoms with E-state index in [2.05, 4.69) is 23.4 Å². The minimum atomic E-state index is -0.00104. The summed E-state index contributed by atoms with van der Waals surface area (Å²) in [7, 11) is 2.05. The molecule has 1 atom stereocenters. The summed E-state index contributed by atoms with van der Waals surface area (Å²) in [5, 5.41) is 0. The van der Waals surface area contributed by atoms with Gasteiger partial charge in [-0.05, 0) is 24.7 Å². The molecule has 1 aromatic rings. The number of nitrogens with zero attached hydrogens (tertiary/aromatic N) is 2. The number of nitrogens with two attached hydrogens (primary N) is 1. The molecule has 0 spiro atoms. The summed E-state index contributed by atoms with van der Waals surface area (Å²) < 4.78 is 2.09. The number of aryl methyl sites for hydroxylation is 2. The van der Waals surface area contributed by atoms with Crippen LogP contribution in [0, 0.1) is 5.41 Å². The van der Waals surface area contributed by atoms with Gasteiger partial charge in [0.15, 0.2) is 0 Å². The van der Waals surface area contributed by atoms with E-state index in [9.17, 15) is 0 Å². The van der Waals surface area contributed by atoms with Crippen molar-refractivity contribution in [1.82, 2.24) is 9.55 Å². The van der Waals surface area contributed by atoms with Crippen LogP contribution in [0.1, 0.15) is 45.4 Å². The van der Waals surface area contributed by atoms with Gasteiger partial charge in [-0.25, -0.2) is 4.98 Å². The molecule has 90 valence electrons. The van der Waals surface area contributed by atoms with Crippen LogP contribution in [-0.2, 0) is 13.5 Å². The van der Waals surface area contributed by atoms with Gasteiger partial charge in [-0.2, -0.15) is 0 Å². The standard InChI is InChI=1S/C13H23N3/c1-12(2)6-4-7-13(12,14)8-5-11-15-9-10-16(11)3/h9-10H,4-8,14H2,1-3H3. The topological polar surface area (TPSA) is 43.8 Å². The van der Waals surface area contributed by atoms with Crippen molar-refractivity contribution >= 4 is 0 Å². The van der Waals surface area contributed by atoms with Gasteiger partial charge in [0.25, 0.3) is 0 Å². The Bertz CT molecular complexity index is 367. The lowest BCUT2D eigenvalue weighted by Gasteiger charge is -2.38. The second kappa shape index (κ2) is 3.88. The highest BCUT2D eigenvalue weighted by molar-refractivity contribution is 5.04. The maximum Gasteiger partial charge on any atom is 0.108 e. The number of imidazole rings is 1. The Morgan fingerprint density at radius 2 is 2.19 bits per heavy atom. The minimum Gasteiger partial charge on any atom is -0.338 e. The van der Waals surface area contributed by atoms with E-state index in [0.29, 0.717) is 0 Å². The van der Waals surface area contributed by atoms with Gasteiger partial charge in [-0.1, -0.05) is 20.3 Å². The summed E-state index contributed by atoms with van der Waals surface area (Å²) in [6.07, 6.45) is 9.57. The van der Waals surface area contributed by atoms with Gasteiger partial charge in [0.1, 0.15) is 5.82 Å². The first-order valence-electron chi connectivity index (χ1n) is 6.20. The maximum absolute atomic E-state index is 6.57. The molecule has 0 bridgehead atoms. The number of aromatic nitrogens is 2. The molecule has 1 fully saturated rings. The van der Waals surface area contributed by atoms with Crippen LogP contribution in [0.4, 0.5) is 0 Å². The molecular weight excluding hydrogens is 198 g/mol. The number of hydrogen-bond acceptors (Lipinski definition) is 2. The molecule has 1 aliphatic carbocycles. The molecule has 1 aromatic heterocycles. The molecule has 0 aromatic carbocycles. The van der Waals surface area contributed by atoms with E-state index in [1.165, 1.54) is 12.8 Å². The molecule has 2 N–H and O–H groups in total. The summed E-state index contributed by atoms with van der Waals surface area (Å²) >= 11 is 0. The highest BCUT2D eigenvalue weighted by Crippen LogP contribution is 2.46. The minimum absolute atomic E-state index is 0.00104. The SMILES string of the molecule is Cn1ccnc1CCC1(N)CCCC1(C)C. The molecule has 3 nitrogen and oxygen atoms in total. The smallest absolute Gasteiger partial charge is 0.108 e. The van der Waals surface area contributed by atoms with Crippen molar-refractivity contribution < 1.29 is 0 Å². The Kier molecular flexibility index (Phi) is 2.82. The van der Waals surface area contributed by atoms with Crippen LogP contribution in [0.3, 0.4) is 0 Å². The van der Waals surface area contributed by atoms with E-state index < -0.39 is 0 Å². The van der Waals surface area contributed by atoms with E-state index in [4.69, 9.17) is 5.73 Å². The lowest BCUT2D eigenvalue weighted by Crippen LogP contribution is -2.49. The van der Waals surface area contributed by atoms with Crippen molar-refractivity contribution in [2.75, 3.05) is 0 Å². The van der Waals surface area contributed by atoms with Crippen molar-refractivity contribution in [1.29, 1.82) is 0 Å². The third kappa shape index (κ3) is 1.88. The second-order valence-electron chi connectivity index (χ2n) is 5.85. The fourth-order valence-electron chi connectivity index (χ4n) is 2.87. The molecular formula is C13H23N3. The largest absolute Gasteiger partial charge is 0.338 e. The predicted molar refractivity (Wildman–Crippen MR) is 66.1 cm³/mol. The monoisotopic (exact) mass is 221 g/mol. The van der Waals surface area contributed by atoms with Gasteiger partial charge >= 0.3 is 0 Å². The molecule has 16 heavy (non-hydrogen) atoms. The van der Waals surface area contributed by atoms with Crippen molar-refractivity contribution in [2.45, 2.75) is 51.5 Å². The normalized spacial score (nSPS) is 28.5. The van der Waals surface area contributed by atoms with Gasteiger partial charge in [-0.3, -0.25) is 0 Å². The zero-order valence-corrected chi connectivity index (χ0v) is 10.7. The Morgan fingerprint density at radius 1 is 1.44 bits per heavy atom. The summed E-state index contributed by atoms with van der Waals surface area (Å²) in [6.45, 7) is 4.61. The van der Waals surface area contributed by atoms with Crippen LogP contribution >= 0.6 is 0 Å². The highest BCUT2D eigenvalue weighted by Gasteiger charge is 2.45.